The number of benzene rings is 1. The summed E-state index contributed by atoms with van der Waals surface area (Å²) in [5, 5.41) is 3.36. The molecular weight excluding hydrogens is 278 g/mol. The Bertz CT molecular complexity index is 329. The van der Waals surface area contributed by atoms with E-state index in [1.165, 1.54) is 28.4 Å². The maximum absolute atomic E-state index is 5.72. The minimum absolute atomic E-state index is 0.726. The highest BCUT2D eigenvalue weighted by molar-refractivity contribution is 9.10. The largest absolute Gasteiger partial charge is 0.492 e. The molecule has 0 spiro atoms. The standard InChI is InChI=1S/C14H22BrNO/c1-4-5-6-16-7-8-17-13-9-11(2)14(15)12(3)10-13/h9-10,16H,4-8H2,1-3H3. The molecule has 0 aliphatic heterocycles. The molecule has 3 heteroatoms. The lowest BCUT2D eigenvalue weighted by atomic mass is 10.1. The molecule has 0 saturated heterocycles. The molecular formula is C14H22BrNO. The van der Waals surface area contributed by atoms with E-state index in [2.05, 4.69) is 54.2 Å². The molecule has 0 aliphatic carbocycles. The molecule has 0 heterocycles. The Morgan fingerprint density at radius 3 is 2.41 bits per heavy atom. The van der Waals surface area contributed by atoms with Gasteiger partial charge in [0.1, 0.15) is 12.4 Å². The van der Waals surface area contributed by atoms with Crippen LogP contribution in [0.25, 0.3) is 0 Å². The molecule has 0 unspecified atom stereocenters. The third-order valence-electron chi connectivity index (χ3n) is 2.66. The molecule has 0 fully saturated rings. The highest BCUT2D eigenvalue weighted by Gasteiger charge is 2.02. The Labute approximate surface area is 113 Å². The molecule has 1 aromatic rings. The number of hydrogen-bond donors (Lipinski definition) is 1. The van der Waals surface area contributed by atoms with Crippen molar-refractivity contribution in [1.29, 1.82) is 0 Å². The molecule has 0 amide bonds. The van der Waals surface area contributed by atoms with Crippen LogP contribution in [0.15, 0.2) is 16.6 Å². The summed E-state index contributed by atoms with van der Waals surface area (Å²) in [5.41, 5.74) is 2.44. The van der Waals surface area contributed by atoms with Crippen molar-refractivity contribution in [2.75, 3.05) is 19.7 Å². The Hall–Kier alpha value is -0.540. The van der Waals surface area contributed by atoms with E-state index >= 15 is 0 Å². The second kappa shape index (κ2) is 7.72. The van der Waals surface area contributed by atoms with Crippen LogP contribution in [0.2, 0.25) is 0 Å². The molecule has 0 saturated carbocycles. The van der Waals surface area contributed by atoms with Crippen LogP contribution in [0.5, 0.6) is 5.75 Å². The summed E-state index contributed by atoms with van der Waals surface area (Å²) in [4.78, 5) is 0. The zero-order chi connectivity index (χ0) is 12.7. The molecule has 0 aliphatic rings. The number of unbranched alkanes of at least 4 members (excludes halogenated alkanes) is 1. The molecule has 17 heavy (non-hydrogen) atoms. The van der Waals surface area contributed by atoms with E-state index < -0.39 is 0 Å². The van der Waals surface area contributed by atoms with Gasteiger partial charge in [-0.1, -0.05) is 29.3 Å². The van der Waals surface area contributed by atoms with Crippen molar-refractivity contribution in [3.63, 3.8) is 0 Å². The van der Waals surface area contributed by atoms with Crippen LogP contribution >= 0.6 is 15.9 Å². The number of halogens is 1. The topological polar surface area (TPSA) is 21.3 Å². The lowest BCUT2D eigenvalue weighted by Crippen LogP contribution is -2.22. The summed E-state index contributed by atoms with van der Waals surface area (Å²) in [6.45, 7) is 9.09. The van der Waals surface area contributed by atoms with Crippen LogP contribution in [0.4, 0.5) is 0 Å². The van der Waals surface area contributed by atoms with Crippen molar-refractivity contribution in [2.24, 2.45) is 0 Å². The zero-order valence-electron chi connectivity index (χ0n) is 11.0. The van der Waals surface area contributed by atoms with Gasteiger partial charge >= 0.3 is 0 Å². The smallest absolute Gasteiger partial charge is 0.119 e. The summed E-state index contributed by atoms with van der Waals surface area (Å²) in [5.74, 6) is 0.959. The lowest BCUT2D eigenvalue weighted by molar-refractivity contribution is 0.313. The SMILES string of the molecule is CCCCNCCOc1cc(C)c(Br)c(C)c1. The average molecular weight is 300 g/mol. The van der Waals surface area contributed by atoms with E-state index in [4.69, 9.17) is 4.74 Å². The second-order valence-corrected chi connectivity index (χ2v) is 5.12. The van der Waals surface area contributed by atoms with Gasteiger partial charge in [-0.15, -0.1) is 0 Å². The average Bonchev–Trinajstić information content (AvgIpc) is 2.30. The van der Waals surface area contributed by atoms with Gasteiger partial charge in [0.15, 0.2) is 0 Å². The predicted octanol–water partition coefficient (Wildman–Crippen LogP) is 3.83. The number of nitrogens with one attached hydrogen (secondary N) is 1. The Kier molecular flexibility index (Phi) is 6.60. The van der Waals surface area contributed by atoms with E-state index in [0.29, 0.717) is 0 Å². The van der Waals surface area contributed by atoms with E-state index in [9.17, 15) is 0 Å². The van der Waals surface area contributed by atoms with Gasteiger partial charge in [0.2, 0.25) is 0 Å². The molecule has 1 N–H and O–H groups in total. The van der Waals surface area contributed by atoms with E-state index in [1.54, 1.807) is 0 Å². The zero-order valence-corrected chi connectivity index (χ0v) is 12.6. The summed E-state index contributed by atoms with van der Waals surface area (Å²) in [6, 6.07) is 4.15. The highest BCUT2D eigenvalue weighted by Crippen LogP contribution is 2.26. The van der Waals surface area contributed by atoms with Gasteiger partial charge in [0.25, 0.3) is 0 Å². The first-order valence-electron chi connectivity index (χ1n) is 6.25. The van der Waals surface area contributed by atoms with Crippen LogP contribution in [0.3, 0.4) is 0 Å². The highest BCUT2D eigenvalue weighted by atomic mass is 79.9. The van der Waals surface area contributed by atoms with E-state index in [-0.39, 0.29) is 0 Å². The van der Waals surface area contributed by atoms with Gasteiger partial charge in [0, 0.05) is 11.0 Å². The predicted molar refractivity (Wildman–Crippen MR) is 76.9 cm³/mol. The van der Waals surface area contributed by atoms with Crippen molar-refractivity contribution >= 4 is 15.9 Å². The van der Waals surface area contributed by atoms with Gasteiger partial charge in [-0.05, 0) is 50.1 Å². The van der Waals surface area contributed by atoms with E-state index in [0.717, 1.165) is 25.4 Å². The monoisotopic (exact) mass is 299 g/mol. The minimum Gasteiger partial charge on any atom is -0.492 e. The summed E-state index contributed by atoms with van der Waals surface area (Å²) in [6.07, 6.45) is 2.47. The van der Waals surface area contributed by atoms with Crippen LogP contribution in [0.1, 0.15) is 30.9 Å². The first-order chi connectivity index (χ1) is 8.15. The second-order valence-electron chi connectivity index (χ2n) is 4.32. The number of aryl methyl sites for hydroxylation is 2. The van der Waals surface area contributed by atoms with Crippen molar-refractivity contribution in [2.45, 2.75) is 33.6 Å². The van der Waals surface area contributed by atoms with Crippen LogP contribution < -0.4 is 10.1 Å². The molecule has 0 bridgehead atoms. The van der Waals surface area contributed by atoms with Crippen molar-refractivity contribution < 1.29 is 4.74 Å². The fourth-order valence-electron chi connectivity index (χ4n) is 1.66. The first-order valence-corrected chi connectivity index (χ1v) is 7.04. The molecule has 0 aromatic heterocycles. The summed E-state index contributed by atoms with van der Waals surface area (Å²) < 4.78 is 6.89. The maximum atomic E-state index is 5.72. The summed E-state index contributed by atoms with van der Waals surface area (Å²) in [7, 11) is 0. The molecule has 1 rings (SSSR count). The van der Waals surface area contributed by atoms with Crippen LogP contribution in [0, 0.1) is 13.8 Å². The lowest BCUT2D eigenvalue weighted by Gasteiger charge is -2.10. The number of rotatable bonds is 7. The fraction of sp³-hybridized carbons (Fsp3) is 0.571. The Morgan fingerprint density at radius 1 is 1.18 bits per heavy atom. The van der Waals surface area contributed by atoms with Gasteiger partial charge in [-0.3, -0.25) is 0 Å². The van der Waals surface area contributed by atoms with Crippen molar-refractivity contribution in [3.8, 4) is 5.75 Å². The van der Waals surface area contributed by atoms with E-state index in [1.807, 2.05) is 0 Å². The van der Waals surface area contributed by atoms with Gasteiger partial charge in [0.05, 0.1) is 0 Å². The molecule has 0 radical (unpaired) electrons. The third kappa shape index (κ3) is 5.09. The molecule has 96 valence electrons. The van der Waals surface area contributed by atoms with Gasteiger partial charge in [-0.2, -0.15) is 0 Å². The third-order valence-corrected chi connectivity index (χ3v) is 3.92. The van der Waals surface area contributed by atoms with Crippen LogP contribution in [-0.4, -0.2) is 19.7 Å². The molecule has 2 nitrogen and oxygen atoms in total. The van der Waals surface area contributed by atoms with Gasteiger partial charge < -0.3 is 10.1 Å². The number of hydrogen-bond acceptors (Lipinski definition) is 2. The van der Waals surface area contributed by atoms with Crippen molar-refractivity contribution in [3.05, 3.63) is 27.7 Å². The molecule has 0 atom stereocenters. The minimum atomic E-state index is 0.726. The summed E-state index contributed by atoms with van der Waals surface area (Å²) >= 11 is 3.56. The normalized spacial score (nSPS) is 10.6. The van der Waals surface area contributed by atoms with Gasteiger partial charge in [-0.25, -0.2) is 0 Å². The Morgan fingerprint density at radius 2 is 1.82 bits per heavy atom. The van der Waals surface area contributed by atoms with Crippen molar-refractivity contribution in [1.82, 2.24) is 5.32 Å². The fourth-order valence-corrected chi connectivity index (χ4v) is 1.89. The van der Waals surface area contributed by atoms with Crippen LogP contribution in [-0.2, 0) is 0 Å². The quantitative estimate of drug-likeness (QED) is 0.773. The molecule has 1 aromatic carbocycles. The first kappa shape index (κ1) is 14.5. The number of ether oxygens (including phenoxy) is 1. The Balaban J connectivity index is 2.32. The maximum Gasteiger partial charge on any atom is 0.119 e.